The van der Waals surface area contributed by atoms with Gasteiger partial charge in [-0.3, -0.25) is 9.59 Å². The second-order valence-electron chi connectivity index (χ2n) is 7.85. The Bertz CT molecular complexity index is 419. The van der Waals surface area contributed by atoms with Gasteiger partial charge in [-0.05, 0) is 12.3 Å². The summed E-state index contributed by atoms with van der Waals surface area (Å²) in [7, 11) is 0. The molecule has 0 saturated heterocycles. The first kappa shape index (κ1) is 25.6. The molecular weight excluding hydrogens is 344 g/mol. The Balaban J connectivity index is 3.59. The van der Waals surface area contributed by atoms with Gasteiger partial charge in [0.05, 0.1) is 0 Å². The van der Waals surface area contributed by atoms with Gasteiger partial charge in [0.1, 0.15) is 5.92 Å². The maximum Gasteiger partial charge on any atom is 0.373 e. The number of ketones is 1. The van der Waals surface area contributed by atoms with Crippen molar-refractivity contribution in [3.63, 3.8) is 0 Å². The molecule has 0 fully saturated rings. The summed E-state index contributed by atoms with van der Waals surface area (Å²) >= 11 is 0. The van der Waals surface area contributed by atoms with Gasteiger partial charge in [0.15, 0.2) is 0 Å². The molecule has 158 valence electrons. The van der Waals surface area contributed by atoms with Crippen LogP contribution in [0, 0.1) is 11.8 Å². The van der Waals surface area contributed by atoms with Gasteiger partial charge < -0.3 is 10.2 Å². The highest BCUT2D eigenvalue weighted by atomic mass is 16.4. The van der Waals surface area contributed by atoms with Gasteiger partial charge in [-0.1, -0.05) is 104 Å². The lowest BCUT2D eigenvalue weighted by atomic mass is 9.86. The van der Waals surface area contributed by atoms with Crippen molar-refractivity contribution >= 4 is 17.7 Å². The summed E-state index contributed by atoms with van der Waals surface area (Å²) in [5, 5.41) is 17.8. The van der Waals surface area contributed by atoms with Gasteiger partial charge in [0, 0.05) is 0 Å². The number of carbonyl (C=O) groups is 3. The lowest BCUT2D eigenvalue weighted by Gasteiger charge is -2.17. The zero-order chi connectivity index (χ0) is 20.5. The fourth-order valence-corrected chi connectivity index (χ4v) is 3.57. The highest BCUT2D eigenvalue weighted by Gasteiger charge is 2.35. The number of hydrogen-bond acceptors (Lipinski definition) is 3. The summed E-state index contributed by atoms with van der Waals surface area (Å²) in [5.74, 6) is -6.07. The second kappa shape index (κ2) is 16.8. The monoisotopic (exact) mass is 384 g/mol. The predicted octanol–water partition coefficient (Wildman–Crippen LogP) is 5.85. The molecule has 0 spiro atoms. The number of Topliss-reactive ketones (excluding diaryl/α,β-unsaturated/α-hetero) is 1. The van der Waals surface area contributed by atoms with Crippen molar-refractivity contribution in [3.8, 4) is 0 Å². The van der Waals surface area contributed by atoms with Crippen LogP contribution in [0.5, 0.6) is 0 Å². The Morgan fingerprint density at radius 3 is 1.37 bits per heavy atom. The van der Waals surface area contributed by atoms with Crippen LogP contribution in [-0.4, -0.2) is 27.9 Å². The largest absolute Gasteiger partial charge is 0.481 e. The van der Waals surface area contributed by atoms with E-state index in [2.05, 4.69) is 6.92 Å². The standard InChI is InChI=1S/C22H40O5/c1-3-4-5-6-7-8-9-10-11-12-13-14-15-16-17-18(2)19(21(24)25)20(23)22(26)27/h18-19H,3-17H2,1-2H3,(H,24,25)(H,26,27). The van der Waals surface area contributed by atoms with Crippen molar-refractivity contribution in [2.75, 3.05) is 0 Å². The molecule has 0 aliphatic heterocycles. The van der Waals surface area contributed by atoms with Crippen LogP contribution in [0.25, 0.3) is 0 Å². The molecule has 0 rings (SSSR count). The van der Waals surface area contributed by atoms with Crippen LogP contribution in [0.1, 0.15) is 110 Å². The van der Waals surface area contributed by atoms with E-state index in [1.54, 1.807) is 6.92 Å². The number of carboxylic acids is 2. The minimum Gasteiger partial charge on any atom is -0.481 e. The smallest absolute Gasteiger partial charge is 0.373 e. The first-order valence-electron chi connectivity index (χ1n) is 10.9. The van der Waals surface area contributed by atoms with Crippen molar-refractivity contribution in [1.29, 1.82) is 0 Å². The Morgan fingerprint density at radius 2 is 1.04 bits per heavy atom. The molecule has 0 aromatic carbocycles. The van der Waals surface area contributed by atoms with E-state index in [1.165, 1.54) is 70.6 Å². The van der Waals surface area contributed by atoms with Crippen molar-refractivity contribution in [3.05, 3.63) is 0 Å². The molecule has 5 heteroatoms. The van der Waals surface area contributed by atoms with E-state index in [0.29, 0.717) is 6.42 Å². The molecule has 0 radical (unpaired) electrons. The topological polar surface area (TPSA) is 91.7 Å². The van der Waals surface area contributed by atoms with Gasteiger partial charge in [-0.15, -0.1) is 0 Å². The molecule has 0 heterocycles. The van der Waals surface area contributed by atoms with Crippen LogP contribution in [-0.2, 0) is 14.4 Å². The molecule has 5 nitrogen and oxygen atoms in total. The lowest BCUT2D eigenvalue weighted by Crippen LogP contribution is -2.34. The zero-order valence-corrected chi connectivity index (χ0v) is 17.4. The van der Waals surface area contributed by atoms with Crippen molar-refractivity contribution in [2.45, 2.75) is 110 Å². The van der Waals surface area contributed by atoms with E-state index < -0.39 is 29.6 Å². The Kier molecular flexibility index (Phi) is 15.9. The third-order valence-corrected chi connectivity index (χ3v) is 5.34. The molecule has 2 N–H and O–H groups in total. The lowest BCUT2D eigenvalue weighted by molar-refractivity contribution is -0.158. The van der Waals surface area contributed by atoms with Crippen LogP contribution in [0.2, 0.25) is 0 Å². The van der Waals surface area contributed by atoms with E-state index in [0.717, 1.165) is 19.3 Å². The Morgan fingerprint density at radius 1 is 0.667 bits per heavy atom. The summed E-state index contributed by atoms with van der Waals surface area (Å²) in [5.41, 5.74) is 0. The average Bonchev–Trinajstić information content (AvgIpc) is 2.61. The number of rotatable bonds is 19. The van der Waals surface area contributed by atoms with Crippen LogP contribution >= 0.6 is 0 Å². The van der Waals surface area contributed by atoms with Gasteiger partial charge in [0.25, 0.3) is 5.78 Å². The molecule has 0 aromatic heterocycles. The SMILES string of the molecule is CCCCCCCCCCCCCCCCC(C)C(C(=O)O)C(=O)C(=O)O. The van der Waals surface area contributed by atoms with Gasteiger partial charge >= 0.3 is 11.9 Å². The number of carboxylic acid groups (broad SMARTS) is 2. The summed E-state index contributed by atoms with van der Waals surface area (Å²) in [6.07, 6.45) is 18.1. The number of hydrogen-bond donors (Lipinski definition) is 2. The van der Waals surface area contributed by atoms with E-state index in [9.17, 15) is 14.4 Å². The van der Waals surface area contributed by atoms with Crippen LogP contribution in [0.4, 0.5) is 0 Å². The molecule has 0 amide bonds. The quantitative estimate of drug-likeness (QED) is 0.166. The highest BCUT2D eigenvalue weighted by molar-refractivity contribution is 6.37. The van der Waals surface area contributed by atoms with Crippen LogP contribution in [0.15, 0.2) is 0 Å². The number of carbonyl (C=O) groups excluding carboxylic acids is 1. The molecule has 0 aliphatic rings. The van der Waals surface area contributed by atoms with Gasteiger partial charge in [-0.25, -0.2) is 4.79 Å². The van der Waals surface area contributed by atoms with Gasteiger partial charge in [-0.2, -0.15) is 0 Å². The average molecular weight is 385 g/mol. The van der Waals surface area contributed by atoms with E-state index in [4.69, 9.17) is 10.2 Å². The Labute approximate surface area is 164 Å². The van der Waals surface area contributed by atoms with Crippen molar-refractivity contribution in [1.82, 2.24) is 0 Å². The maximum atomic E-state index is 11.5. The molecular formula is C22H40O5. The van der Waals surface area contributed by atoms with E-state index in [1.807, 2.05) is 0 Å². The molecule has 2 unspecified atom stereocenters. The molecule has 2 atom stereocenters. The molecule has 0 bridgehead atoms. The molecule has 0 saturated carbocycles. The van der Waals surface area contributed by atoms with Gasteiger partial charge in [0.2, 0.25) is 0 Å². The number of aliphatic carboxylic acids is 2. The van der Waals surface area contributed by atoms with E-state index >= 15 is 0 Å². The maximum absolute atomic E-state index is 11.5. The van der Waals surface area contributed by atoms with E-state index in [-0.39, 0.29) is 0 Å². The van der Waals surface area contributed by atoms with Crippen molar-refractivity contribution in [2.24, 2.45) is 11.8 Å². The van der Waals surface area contributed by atoms with Crippen LogP contribution < -0.4 is 0 Å². The highest BCUT2D eigenvalue weighted by Crippen LogP contribution is 2.21. The summed E-state index contributed by atoms with van der Waals surface area (Å²) in [6.45, 7) is 3.90. The minimum atomic E-state index is -1.66. The number of unbranched alkanes of at least 4 members (excludes halogenated alkanes) is 13. The predicted molar refractivity (Wildman–Crippen MR) is 108 cm³/mol. The summed E-state index contributed by atoms with van der Waals surface area (Å²) in [4.78, 5) is 33.4. The molecule has 27 heavy (non-hydrogen) atoms. The summed E-state index contributed by atoms with van der Waals surface area (Å²) in [6, 6.07) is 0. The third-order valence-electron chi connectivity index (χ3n) is 5.34. The van der Waals surface area contributed by atoms with Crippen LogP contribution in [0.3, 0.4) is 0 Å². The zero-order valence-electron chi connectivity index (χ0n) is 17.4. The molecule has 0 aromatic rings. The molecule has 0 aliphatic carbocycles. The fourth-order valence-electron chi connectivity index (χ4n) is 3.57. The fraction of sp³-hybridized carbons (Fsp3) is 0.864. The minimum absolute atomic E-state index is 0.441. The Hall–Kier alpha value is -1.39. The first-order valence-corrected chi connectivity index (χ1v) is 10.9. The second-order valence-corrected chi connectivity index (χ2v) is 7.85. The first-order chi connectivity index (χ1) is 12.9. The van der Waals surface area contributed by atoms with Crippen molar-refractivity contribution < 1.29 is 24.6 Å². The normalized spacial score (nSPS) is 13.3. The summed E-state index contributed by atoms with van der Waals surface area (Å²) < 4.78 is 0. The third kappa shape index (κ3) is 13.4.